The molecule has 4 fully saturated rings. The molecule has 0 aromatic carbocycles. The molecule has 1 aliphatic heterocycles. The molecule has 1 radical (unpaired) electrons. The van der Waals surface area contributed by atoms with Crippen LogP contribution in [-0.4, -0.2) is 86.2 Å². The number of hydrogen-bond acceptors (Lipinski definition) is 7. The van der Waals surface area contributed by atoms with Crippen molar-refractivity contribution in [3.8, 4) is 0 Å². The van der Waals surface area contributed by atoms with Gasteiger partial charge in [-0.1, -0.05) is 38.5 Å². The number of hydrogen-bond donors (Lipinski definition) is 0. The first-order chi connectivity index (χ1) is 18.4. The normalized spacial score (nSPS) is 42.4. The Labute approximate surface area is 232 Å². The van der Waals surface area contributed by atoms with Crippen LogP contribution in [0.2, 0.25) is 0 Å². The minimum absolute atomic E-state index is 0.0168. The highest BCUT2D eigenvalue weighted by atomic mass is 32.2. The summed E-state index contributed by atoms with van der Waals surface area (Å²) < 4.78 is 89.5. The fraction of sp³-hybridized carbons (Fsp3) is 0.960. The van der Waals surface area contributed by atoms with E-state index in [4.69, 9.17) is 22.7 Å². The van der Waals surface area contributed by atoms with Crippen LogP contribution in [0.25, 0.3) is 0 Å². The maximum Gasteiger partial charge on any atom is 0.573 e. The summed E-state index contributed by atoms with van der Waals surface area (Å²) in [5.74, 6) is 0.785. The van der Waals surface area contributed by atoms with Crippen LogP contribution >= 0.6 is 12.2 Å². The minimum atomic E-state index is -2.88. The number of nitrogens with zero attached hydrogens (tertiary/aromatic N) is 2. The Hall–Kier alpha value is -0.158. The quantitative estimate of drug-likeness (QED) is 0.0823. The van der Waals surface area contributed by atoms with Gasteiger partial charge in [-0.15, -0.1) is 4.33 Å². The van der Waals surface area contributed by atoms with E-state index < -0.39 is 52.7 Å². The average Bonchev–Trinajstić information content (AvgIpc) is 3.39. The van der Waals surface area contributed by atoms with Crippen LogP contribution in [-0.2, 0) is 17.7 Å². The summed E-state index contributed by atoms with van der Waals surface area (Å²) in [6.45, 7) is 0. The third kappa shape index (κ3) is 6.66. The maximum absolute atomic E-state index is 14.3. The molecular formula is C25H37AlF5N2O4S. The second-order valence-electron chi connectivity index (χ2n) is 11.2. The summed E-state index contributed by atoms with van der Waals surface area (Å²) in [6, 6.07) is 0.130. The number of aliphatic imine (C=N–C) groups is 1. The molecule has 5 aliphatic rings. The van der Waals surface area contributed by atoms with Gasteiger partial charge in [-0.2, -0.15) is 0 Å². The molecule has 215 valence electrons. The Morgan fingerprint density at radius 1 is 0.763 bits per heavy atom. The Balaban J connectivity index is 1.26. The van der Waals surface area contributed by atoms with E-state index in [0.717, 1.165) is 95.2 Å². The topological polar surface area (TPSA) is 52.5 Å². The van der Waals surface area contributed by atoms with Crippen molar-refractivity contribution in [2.45, 2.75) is 145 Å². The fourth-order valence-corrected chi connectivity index (χ4v) is 8.40. The van der Waals surface area contributed by atoms with Gasteiger partial charge in [0, 0.05) is 18.1 Å². The van der Waals surface area contributed by atoms with E-state index in [-0.39, 0.29) is 30.2 Å². The van der Waals surface area contributed by atoms with E-state index in [9.17, 15) is 22.0 Å². The van der Waals surface area contributed by atoms with Crippen LogP contribution in [0, 0.1) is 5.92 Å². The number of fused-ring (bicyclic) bond motifs is 1. The molecule has 13 heteroatoms. The van der Waals surface area contributed by atoms with Crippen molar-refractivity contribution in [2.24, 2.45) is 10.9 Å². The van der Waals surface area contributed by atoms with Crippen LogP contribution in [0.15, 0.2) is 4.99 Å². The largest absolute Gasteiger partial charge is 0.573 e. The smallest absolute Gasteiger partial charge is 0.491 e. The Bertz CT molecular complexity index is 787. The molecule has 6 nitrogen and oxygen atoms in total. The summed E-state index contributed by atoms with van der Waals surface area (Å²) >= 11 is -0.00431. The zero-order chi connectivity index (χ0) is 26.6. The monoisotopic (exact) mass is 583 g/mol. The maximum atomic E-state index is 14.3. The summed E-state index contributed by atoms with van der Waals surface area (Å²) in [4.78, 5) is 9.82. The second kappa shape index (κ2) is 13.7. The molecule has 0 spiro atoms. The SMILES string of the molecule is FC1C(F)C(F)C(OOS[N]([Al][O]C2CCCCC2)C2CCCCC2C2=NC3CCCCC3O2)C(F)C1F. The van der Waals surface area contributed by atoms with E-state index in [1.54, 1.807) is 0 Å². The van der Waals surface area contributed by atoms with Crippen LogP contribution in [0.3, 0.4) is 0 Å². The van der Waals surface area contributed by atoms with E-state index >= 15 is 0 Å². The van der Waals surface area contributed by atoms with Crippen molar-refractivity contribution in [1.82, 2.24) is 3.29 Å². The van der Waals surface area contributed by atoms with Crippen molar-refractivity contribution >= 4 is 33.9 Å². The van der Waals surface area contributed by atoms with Crippen LogP contribution in [0.5, 0.6) is 0 Å². The molecule has 0 N–H and O–H groups in total. The lowest BCUT2D eigenvalue weighted by Crippen LogP contribution is -2.57. The second-order valence-corrected chi connectivity index (χ2v) is 13.3. The van der Waals surface area contributed by atoms with Gasteiger partial charge < -0.3 is 8.53 Å². The van der Waals surface area contributed by atoms with Gasteiger partial charge in [0.05, 0.1) is 18.3 Å². The molecule has 0 bridgehead atoms. The summed E-state index contributed by atoms with van der Waals surface area (Å²) in [6.07, 6.45) is -2.43. The first-order valence-electron chi connectivity index (χ1n) is 14.2. The van der Waals surface area contributed by atoms with Crippen molar-refractivity contribution in [3.63, 3.8) is 0 Å². The van der Waals surface area contributed by atoms with Crippen LogP contribution in [0.4, 0.5) is 22.0 Å². The van der Waals surface area contributed by atoms with Gasteiger partial charge in [-0.3, -0.25) is 3.29 Å². The molecule has 4 aliphatic carbocycles. The van der Waals surface area contributed by atoms with Gasteiger partial charge in [0.25, 0.3) is 0 Å². The van der Waals surface area contributed by atoms with Crippen molar-refractivity contribution in [2.75, 3.05) is 0 Å². The standard InChI is InChI=1S/C19H26F5N2O3S.C6H11O.Al/c20-13-14(21)16(23)18(17(24)15(13)22)28-29-30-26-10-6-2-1-5-9(10)19-25-11-7-3-4-8-12(11)27-19;7-6-4-2-1-3-5-6;/h9-18H,1-8H2;6H,1-5H2;/q2*-1;+2. The molecule has 5 rings (SSSR count). The summed E-state index contributed by atoms with van der Waals surface area (Å²) in [7, 11) is 0. The van der Waals surface area contributed by atoms with Crippen molar-refractivity contribution < 1.29 is 39.7 Å². The molecule has 1 heterocycles. The lowest BCUT2D eigenvalue weighted by molar-refractivity contribution is -0.288. The molecule has 8 atom stereocenters. The zero-order valence-corrected chi connectivity index (χ0v) is 23.4. The van der Waals surface area contributed by atoms with Crippen LogP contribution in [0.1, 0.15) is 83.5 Å². The number of rotatable bonds is 9. The lowest BCUT2D eigenvalue weighted by atomic mass is 9.85. The van der Waals surface area contributed by atoms with E-state index in [0.29, 0.717) is 0 Å². The molecule has 8 unspecified atom stereocenters. The zero-order valence-electron chi connectivity index (χ0n) is 21.4. The van der Waals surface area contributed by atoms with Gasteiger partial charge in [-0.05, 0) is 44.9 Å². The Kier molecular flexibility index (Phi) is 10.6. The molecule has 4 saturated carbocycles. The predicted molar refractivity (Wildman–Crippen MR) is 134 cm³/mol. The third-order valence-corrected chi connectivity index (χ3v) is 10.8. The summed E-state index contributed by atoms with van der Waals surface area (Å²) in [5.41, 5.74) is 0. The summed E-state index contributed by atoms with van der Waals surface area (Å²) in [5, 5.41) is 0. The molecule has 0 aromatic rings. The van der Waals surface area contributed by atoms with E-state index in [2.05, 4.69) is 0 Å². The Morgan fingerprint density at radius 3 is 2.13 bits per heavy atom. The van der Waals surface area contributed by atoms with Crippen molar-refractivity contribution in [1.29, 1.82) is 0 Å². The van der Waals surface area contributed by atoms with Gasteiger partial charge in [-0.25, -0.2) is 31.8 Å². The predicted octanol–water partition coefficient (Wildman–Crippen LogP) is 6.05. The molecule has 0 amide bonds. The molecule has 0 aromatic heterocycles. The lowest BCUT2D eigenvalue weighted by Gasteiger charge is -2.39. The minimum Gasteiger partial charge on any atom is -0.491 e. The highest BCUT2D eigenvalue weighted by Crippen LogP contribution is 2.39. The average molecular weight is 584 g/mol. The fourth-order valence-electron chi connectivity index (χ4n) is 6.37. The molecule has 38 heavy (non-hydrogen) atoms. The van der Waals surface area contributed by atoms with E-state index in [1.165, 1.54) is 6.42 Å². The molecular weight excluding hydrogens is 546 g/mol. The first kappa shape index (κ1) is 29.3. The number of ether oxygens (including phenoxy) is 1. The van der Waals surface area contributed by atoms with Gasteiger partial charge >= 0.3 is 15.8 Å². The third-order valence-electron chi connectivity index (χ3n) is 8.63. The van der Waals surface area contributed by atoms with E-state index in [1.807, 2.05) is 3.29 Å². The Morgan fingerprint density at radius 2 is 1.39 bits per heavy atom. The molecule has 0 saturated heterocycles. The number of halogens is 5. The van der Waals surface area contributed by atoms with Gasteiger partial charge in [0.2, 0.25) is 0 Å². The first-order valence-corrected chi connectivity index (χ1v) is 15.8. The number of alkyl halides is 5. The van der Waals surface area contributed by atoms with Crippen LogP contribution < -0.4 is 0 Å². The van der Waals surface area contributed by atoms with Crippen molar-refractivity contribution in [3.05, 3.63) is 0 Å². The highest BCUT2D eigenvalue weighted by Gasteiger charge is 2.55. The van der Waals surface area contributed by atoms with Gasteiger partial charge in [0.15, 0.2) is 42.9 Å². The van der Waals surface area contributed by atoms with Gasteiger partial charge in [0.1, 0.15) is 6.10 Å². The highest BCUT2D eigenvalue weighted by molar-refractivity contribution is 7.93.